The molecule has 0 fully saturated rings. The third-order valence-corrected chi connectivity index (χ3v) is 2.38. The van der Waals surface area contributed by atoms with Gasteiger partial charge >= 0.3 is 0 Å². The van der Waals surface area contributed by atoms with Crippen LogP contribution in [0.1, 0.15) is 25.0 Å². The van der Waals surface area contributed by atoms with Gasteiger partial charge in [0.05, 0.1) is 11.6 Å². The summed E-state index contributed by atoms with van der Waals surface area (Å²) in [6.45, 7) is 8.30. The van der Waals surface area contributed by atoms with Gasteiger partial charge in [-0.05, 0) is 37.1 Å². The first kappa shape index (κ1) is 13.6. The maximum atomic E-state index is 5.53. The summed E-state index contributed by atoms with van der Waals surface area (Å²) in [4.78, 5) is 0. The molecule has 0 radical (unpaired) electrons. The van der Waals surface area contributed by atoms with Crippen LogP contribution in [0, 0.1) is 13.8 Å². The molecule has 0 spiro atoms. The predicted octanol–water partition coefficient (Wildman–Crippen LogP) is 4.06. The van der Waals surface area contributed by atoms with Crippen LogP contribution in [-0.4, -0.2) is 13.9 Å². The lowest BCUT2D eigenvalue weighted by atomic mass is 10.1. The van der Waals surface area contributed by atoms with E-state index in [1.54, 1.807) is 13.4 Å². The molecule has 0 aliphatic carbocycles. The summed E-state index contributed by atoms with van der Waals surface area (Å²) in [6.07, 6.45) is 1.68. The largest absolute Gasteiger partial charge is 0.467 e. The van der Waals surface area contributed by atoms with Crippen LogP contribution in [0.2, 0.25) is 0 Å². The molecule has 0 aliphatic heterocycles. The van der Waals surface area contributed by atoms with Gasteiger partial charge in [0.2, 0.25) is 0 Å². The number of rotatable bonds is 3. The third kappa shape index (κ3) is 2.80. The van der Waals surface area contributed by atoms with Gasteiger partial charge in [0.15, 0.2) is 6.79 Å². The van der Waals surface area contributed by atoms with Crippen molar-refractivity contribution in [3.05, 3.63) is 29.5 Å². The Kier molecular flexibility index (Phi) is 5.04. The molecule has 0 bridgehead atoms. The second kappa shape index (κ2) is 6.30. The van der Waals surface area contributed by atoms with Gasteiger partial charge in [-0.1, -0.05) is 13.8 Å². The average Bonchev–Trinajstić information content (AvgIpc) is 2.81. The number of benzene rings is 1. The highest BCUT2D eigenvalue weighted by Gasteiger charge is 2.10. The van der Waals surface area contributed by atoms with Crippen molar-refractivity contribution in [1.82, 2.24) is 0 Å². The summed E-state index contributed by atoms with van der Waals surface area (Å²) in [5.74, 6) is 0.839. The van der Waals surface area contributed by atoms with E-state index >= 15 is 0 Å². The fraction of sp³-hybridized carbons (Fsp3) is 0.429. The number of aryl methyl sites for hydroxylation is 2. The van der Waals surface area contributed by atoms with Crippen LogP contribution in [0.4, 0.5) is 0 Å². The lowest BCUT2D eigenvalue weighted by Gasteiger charge is -2.10. The Hall–Kier alpha value is -1.48. The fourth-order valence-electron chi connectivity index (χ4n) is 1.77. The Labute approximate surface area is 102 Å². The maximum absolute atomic E-state index is 5.53. The van der Waals surface area contributed by atoms with Gasteiger partial charge in [0, 0.05) is 7.11 Å². The SMILES string of the molecule is CC.COCOc1c(C)cc(C)c2occc12. The minimum Gasteiger partial charge on any atom is -0.467 e. The van der Waals surface area contributed by atoms with Crippen LogP contribution in [0.25, 0.3) is 11.0 Å². The van der Waals surface area contributed by atoms with Crippen molar-refractivity contribution in [2.24, 2.45) is 0 Å². The zero-order valence-corrected chi connectivity index (χ0v) is 11.2. The second-order valence-corrected chi connectivity index (χ2v) is 3.55. The van der Waals surface area contributed by atoms with E-state index in [2.05, 4.69) is 6.07 Å². The van der Waals surface area contributed by atoms with Gasteiger partial charge in [-0.3, -0.25) is 0 Å². The van der Waals surface area contributed by atoms with E-state index in [-0.39, 0.29) is 6.79 Å². The zero-order chi connectivity index (χ0) is 12.8. The first-order valence-corrected chi connectivity index (χ1v) is 5.83. The molecule has 3 heteroatoms. The van der Waals surface area contributed by atoms with Crippen LogP contribution < -0.4 is 4.74 Å². The average molecular weight is 236 g/mol. The topological polar surface area (TPSA) is 31.6 Å². The first-order valence-electron chi connectivity index (χ1n) is 5.83. The summed E-state index contributed by atoms with van der Waals surface area (Å²) < 4.78 is 15.8. The van der Waals surface area contributed by atoms with Crippen molar-refractivity contribution in [2.75, 3.05) is 13.9 Å². The molecule has 94 valence electrons. The molecule has 0 atom stereocenters. The molecule has 0 amide bonds. The number of fused-ring (bicyclic) bond motifs is 1. The predicted molar refractivity (Wildman–Crippen MR) is 69.5 cm³/mol. The van der Waals surface area contributed by atoms with E-state index in [4.69, 9.17) is 13.9 Å². The molecule has 0 saturated carbocycles. The highest BCUT2D eigenvalue weighted by molar-refractivity contribution is 5.87. The molecular weight excluding hydrogens is 216 g/mol. The van der Waals surface area contributed by atoms with Crippen LogP contribution in [0.15, 0.2) is 22.8 Å². The number of methoxy groups -OCH3 is 1. The smallest absolute Gasteiger partial charge is 0.188 e. The highest BCUT2D eigenvalue weighted by Crippen LogP contribution is 2.32. The summed E-state index contributed by atoms with van der Waals surface area (Å²) in [7, 11) is 1.61. The second-order valence-electron chi connectivity index (χ2n) is 3.55. The van der Waals surface area contributed by atoms with Gasteiger partial charge in [-0.25, -0.2) is 0 Å². The maximum Gasteiger partial charge on any atom is 0.188 e. The summed E-state index contributed by atoms with van der Waals surface area (Å²) in [6, 6.07) is 3.97. The number of ether oxygens (including phenoxy) is 2. The molecule has 0 aliphatic rings. The van der Waals surface area contributed by atoms with Crippen molar-refractivity contribution < 1.29 is 13.9 Å². The van der Waals surface area contributed by atoms with Crippen molar-refractivity contribution in [2.45, 2.75) is 27.7 Å². The van der Waals surface area contributed by atoms with Crippen molar-refractivity contribution in [3.63, 3.8) is 0 Å². The molecule has 2 aromatic rings. The molecular formula is C14H20O3. The van der Waals surface area contributed by atoms with Crippen LogP contribution in [-0.2, 0) is 4.74 Å². The third-order valence-electron chi connectivity index (χ3n) is 2.38. The Bertz CT molecular complexity index is 472. The van der Waals surface area contributed by atoms with E-state index in [0.717, 1.165) is 27.8 Å². The molecule has 1 heterocycles. The molecule has 0 N–H and O–H groups in total. The lowest BCUT2D eigenvalue weighted by molar-refractivity contribution is 0.0517. The monoisotopic (exact) mass is 236 g/mol. The van der Waals surface area contributed by atoms with Gasteiger partial charge in [-0.15, -0.1) is 0 Å². The van der Waals surface area contributed by atoms with Crippen molar-refractivity contribution in [1.29, 1.82) is 0 Å². The van der Waals surface area contributed by atoms with Crippen LogP contribution >= 0.6 is 0 Å². The summed E-state index contributed by atoms with van der Waals surface area (Å²) >= 11 is 0. The minimum absolute atomic E-state index is 0.254. The molecule has 3 nitrogen and oxygen atoms in total. The minimum atomic E-state index is 0.254. The Morgan fingerprint density at radius 3 is 2.53 bits per heavy atom. The Morgan fingerprint density at radius 1 is 1.18 bits per heavy atom. The normalized spacial score (nSPS) is 9.94. The lowest BCUT2D eigenvalue weighted by Crippen LogP contribution is -2.00. The molecule has 17 heavy (non-hydrogen) atoms. The highest BCUT2D eigenvalue weighted by atomic mass is 16.7. The molecule has 1 aromatic carbocycles. The summed E-state index contributed by atoms with van der Waals surface area (Å²) in [5.41, 5.74) is 3.10. The summed E-state index contributed by atoms with van der Waals surface area (Å²) in [5, 5.41) is 1.00. The van der Waals surface area contributed by atoms with Gasteiger partial charge in [-0.2, -0.15) is 0 Å². The van der Waals surface area contributed by atoms with E-state index in [1.165, 1.54) is 0 Å². The van der Waals surface area contributed by atoms with E-state index in [1.807, 2.05) is 33.8 Å². The molecule has 2 rings (SSSR count). The van der Waals surface area contributed by atoms with E-state index in [9.17, 15) is 0 Å². The molecule has 0 saturated heterocycles. The van der Waals surface area contributed by atoms with Crippen LogP contribution in [0.5, 0.6) is 5.75 Å². The fourth-order valence-corrected chi connectivity index (χ4v) is 1.77. The number of hydrogen-bond acceptors (Lipinski definition) is 3. The Balaban J connectivity index is 0.000000686. The standard InChI is InChI=1S/C12H14O3.C2H6/c1-8-6-9(2)12(15-7-13-3)10-4-5-14-11(8)10;1-2/h4-6H,7H2,1-3H3;1-2H3. The number of hydrogen-bond donors (Lipinski definition) is 0. The van der Waals surface area contributed by atoms with Crippen LogP contribution in [0.3, 0.4) is 0 Å². The van der Waals surface area contributed by atoms with E-state index < -0.39 is 0 Å². The van der Waals surface area contributed by atoms with Gasteiger partial charge in [0.25, 0.3) is 0 Å². The van der Waals surface area contributed by atoms with Crippen molar-refractivity contribution in [3.8, 4) is 5.75 Å². The quantitative estimate of drug-likeness (QED) is 0.753. The van der Waals surface area contributed by atoms with Gasteiger partial charge < -0.3 is 13.9 Å². The van der Waals surface area contributed by atoms with Gasteiger partial charge in [0.1, 0.15) is 11.3 Å². The zero-order valence-electron chi connectivity index (χ0n) is 11.2. The Morgan fingerprint density at radius 2 is 1.88 bits per heavy atom. The van der Waals surface area contributed by atoms with Crippen molar-refractivity contribution >= 4 is 11.0 Å². The van der Waals surface area contributed by atoms with E-state index in [0.29, 0.717) is 0 Å². The molecule has 0 unspecified atom stereocenters. The molecule has 1 aromatic heterocycles. The first-order chi connectivity index (χ1) is 8.24. The number of furan rings is 1.